The molecule has 6 heteroatoms. The summed E-state index contributed by atoms with van der Waals surface area (Å²) in [6.07, 6.45) is 7.70. The van der Waals surface area contributed by atoms with Crippen molar-refractivity contribution in [2.24, 2.45) is 11.3 Å². The number of morpholine rings is 1. The fourth-order valence-corrected chi connectivity index (χ4v) is 6.11. The lowest BCUT2D eigenvalue weighted by atomic mass is 9.68. The third-order valence-corrected chi connectivity index (χ3v) is 8.51. The van der Waals surface area contributed by atoms with Gasteiger partial charge in [-0.15, -0.1) is 12.4 Å². The van der Waals surface area contributed by atoms with Crippen LogP contribution in [-0.2, 0) is 4.74 Å². The van der Waals surface area contributed by atoms with E-state index in [4.69, 9.17) is 4.74 Å². The molecule has 0 unspecified atom stereocenters. The average molecular weight is 506 g/mol. The Morgan fingerprint density at radius 3 is 2.23 bits per heavy atom. The Kier molecular flexibility index (Phi) is 10.3. The molecule has 0 bridgehead atoms. The van der Waals surface area contributed by atoms with Crippen LogP contribution in [0.3, 0.4) is 0 Å². The molecule has 1 aromatic rings. The monoisotopic (exact) mass is 505 g/mol. The molecule has 1 aromatic carbocycles. The molecule has 4 rings (SSSR count). The van der Waals surface area contributed by atoms with Gasteiger partial charge in [-0.2, -0.15) is 0 Å². The first kappa shape index (κ1) is 28.3. The molecule has 0 N–H and O–H groups in total. The molecule has 3 aliphatic rings. The van der Waals surface area contributed by atoms with Gasteiger partial charge in [0, 0.05) is 50.5 Å². The number of carbonyl (C=O) groups excluding carboxylic acids is 1. The largest absolute Gasteiger partial charge is 0.378 e. The average Bonchev–Trinajstić information content (AvgIpc) is 2.87. The minimum absolute atomic E-state index is 0. The van der Waals surface area contributed by atoms with E-state index < -0.39 is 0 Å². The number of amides is 1. The number of halogens is 1. The molecule has 0 aromatic heterocycles. The highest BCUT2D eigenvalue weighted by Gasteiger charge is 2.32. The fraction of sp³-hybridized carbons (Fsp3) is 0.759. The highest BCUT2D eigenvalue weighted by atomic mass is 35.5. The number of anilines is 1. The molecule has 1 saturated carbocycles. The first-order chi connectivity index (χ1) is 16.4. The van der Waals surface area contributed by atoms with Crippen molar-refractivity contribution >= 4 is 24.0 Å². The first-order valence-corrected chi connectivity index (χ1v) is 13.8. The van der Waals surface area contributed by atoms with Crippen molar-refractivity contribution < 1.29 is 9.53 Å². The summed E-state index contributed by atoms with van der Waals surface area (Å²) in [4.78, 5) is 20.4. The summed E-state index contributed by atoms with van der Waals surface area (Å²) in [5.41, 5.74) is 4.05. The number of unbranched alkanes of at least 4 members (excludes halogenated alkanes) is 1. The number of piperazine rings is 1. The lowest BCUT2D eigenvalue weighted by Crippen LogP contribution is -2.47. The molecule has 0 atom stereocenters. The van der Waals surface area contributed by atoms with Gasteiger partial charge in [0.05, 0.1) is 13.2 Å². The Labute approximate surface area is 220 Å². The van der Waals surface area contributed by atoms with E-state index in [0.717, 1.165) is 37.7 Å². The summed E-state index contributed by atoms with van der Waals surface area (Å²) in [6, 6.07) is 6.63. The third kappa shape index (κ3) is 7.14. The maximum atomic E-state index is 13.3. The number of hydrogen-bond donors (Lipinski definition) is 0. The fourth-order valence-electron chi connectivity index (χ4n) is 6.11. The number of rotatable bonds is 6. The van der Waals surface area contributed by atoms with Gasteiger partial charge in [0.2, 0.25) is 0 Å². The zero-order valence-electron chi connectivity index (χ0n) is 22.6. The quantitative estimate of drug-likeness (QED) is 0.487. The Morgan fingerprint density at radius 2 is 1.63 bits per heavy atom. The van der Waals surface area contributed by atoms with Crippen molar-refractivity contribution in [3.8, 4) is 0 Å². The molecular weight excluding hydrogens is 458 g/mol. The van der Waals surface area contributed by atoms with E-state index >= 15 is 0 Å². The van der Waals surface area contributed by atoms with Crippen LogP contribution in [0.5, 0.6) is 0 Å². The Balaban J connectivity index is 0.00000342. The van der Waals surface area contributed by atoms with Crippen molar-refractivity contribution in [3.05, 3.63) is 29.3 Å². The number of hydrogen-bond acceptors (Lipinski definition) is 4. The summed E-state index contributed by atoms with van der Waals surface area (Å²) >= 11 is 0. The van der Waals surface area contributed by atoms with Gasteiger partial charge in [-0.3, -0.25) is 9.69 Å². The molecule has 2 saturated heterocycles. The van der Waals surface area contributed by atoms with Crippen LogP contribution >= 0.6 is 12.4 Å². The number of carbonyl (C=O) groups is 1. The molecule has 35 heavy (non-hydrogen) atoms. The molecule has 2 aliphatic heterocycles. The second-order valence-corrected chi connectivity index (χ2v) is 11.8. The Bertz CT molecular complexity index is 803. The standard InChI is InChI=1S/C29H47N3O2.ClH/c1-5-6-13-30-14-16-31(17-15-30)27-22-24(28(33)32-18-20-34-21-19-32)9-12-26(27)23-7-10-25(11-8-23)29(2,3)4;/h9,12,22-23,25H,5-8,10-11,13-21H2,1-4H3;1H. The number of nitrogens with zero attached hydrogens (tertiary/aromatic N) is 3. The van der Waals surface area contributed by atoms with Crippen molar-refractivity contribution in [3.63, 3.8) is 0 Å². The first-order valence-electron chi connectivity index (χ1n) is 13.8. The minimum atomic E-state index is 0. The SMILES string of the molecule is CCCCN1CCN(c2cc(C(=O)N3CCOCC3)ccc2C2CCC(C(C)(C)C)CC2)CC1.Cl. The predicted octanol–water partition coefficient (Wildman–Crippen LogP) is 5.82. The number of benzene rings is 1. The second kappa shape index (κ2) is 12.8. The zero-order valence-corrected chi connectivity index (χ0v) is 23.4. The van der Waals surface area contributed by atoms with Gasteiger partial charge in [0.1, 0.15) is 0 Å². The van der Waals surface area contributed by atoms with Gasteiger partial charge in [-0.1, -0.05) is 40.2 Å². The summed E-state index contributed by atoms with van der Waals surface area (Å²) in [5.74, 6) is 1.59. The Morgan fingerprint density at radius 1 is 0.971 bits per heavy atom. The Hall–Kier alpha value is -1.30. The van der Waals surface area contributed by atoms with Crippen molar-refractivity contribution in [1.82, 2.24) is 9.80 Å². The summed E-state index contributed by atoms with van der Waals surface area (Å²) in [5, 5.41) is 0. The van der Waals surface area contributed by atoms with Crippen molar-refractivity contribution in [2.75, 3.05) is 63.9 Å². The van der Waals surface area contributed by atoms with Gasteiger partial charge >= 0.3 is 0 Å². The van der Waals surface area contributed by atoms with E-state index in [-0.39, 0.29) is 18.3 Å². The van der Waals surface area contributed by atoms with Crippen LogP contribution < -0.4 is 4.90 Å². The molecular formula is C29H48ClN3O2. The van der Waals surface area contributed by atoms with Gasteiger partial charge in [-0.05, 0) is 73.6 Å². The van der Waals surface area contributed by atoms with E-state index in [1.807, 2.05) is 4.90 Å². The van der Waals surface area contributed by atoms with Crippen molar-refractivity contribution in [2.45, 2.75) is 72.1 Å². The lowest BCUT2D eigenvalue weighted by Gasteiger charge is -2.40. The highest BCUT2D eigenvalue weighted by Crippen LogP contribution is 2.45. The molecule has 3 fully saturated rings. The zero-order chi connectivity index (χ0) is 24.1. The van der Waals surface area contributed by atoms with E-state index in [0.29, 0.717) is 37.6 Å². The lowest BCUT2D eigenvalue weighted by molar-refractivity contribution is 0.0303. The summed E-state index contributed by atoms with van der Waals surface area (Å²) in [7, 11) is 0. The molecule has 1 aliphatic carbocycles. The van der Waals surface area contributed by atoms with E-state index in [2.05, 4.69) is 55.7 Å². The minimum Gasteiger partial charge on any atom is -0.378 e. The van der Waals surface area contributed by atoms with Gasteiger partial charge in [0.15, 0.2) is 0 Å². The molecule has 5 nitrogen and oxygen atoms in total. The van der Waals surface area contributed by atoms with Crippen LogP contribution in [0.2, 0.25) is 0 Å². The summed E-state index contributed by atoms with van der Waals surface area (Å²) in [6.45, 7) is 17.7. The molecule has 2 heterocycles. The topological polar surface area (TPSA) is 36.0 Å². The van der Waals surface area contributed by atoms with Crippen LogP contribution in [0.15, 0.2) is 18.2 Å². The molecule has 1 amide bonds. The van der Waals surface area contributed by atoms with Gasteiger partial charge in [-0.25, -0.2) is 0 Å². The predicted molar refractivity (Wildman–Crippen MR) is 148 cm³/mol. The highest BCUT2D eigenvalue weighted by molar-refractivity contribution is 5.95. The smallest absolute Gasteiger partial charge is 0.254 e. The van der Waals surface area contributed by atoms with Gasteiger partial charge < -0.3 is 14.5 Å². The molecule has 198 valence electrons. The number of ether oxygens (including phenoxy) is 1. The third-order valence-electron chi connectivity index (χ3n) is 8.51. The van der Waals surface area contributed by atoms with Crippen LogP contribution in [0.25, 0.3) is 0 Å². The maximum absolute atomic E-state index is 13.3. The van der Waals surface area contributed by atoms with Crippen LogP contribution in [0.4, 0.5) is 5.69 Å². The van der Waals surface area contributed by atoms with E-state index in [1.165, 1.54) is 56.3 Å². The van der Waals surface area contributed by atoms with Crippen molar-refractivity contribution in [1.29, 1.82) is 0 Å². The normalized spacial score (nSPS) is 24.2. The van der Waals surface area contributed by atoms with Crippen LogP contribution in [0.1, 0.15) is 88.1 Å². The second-order valence-electron chi connectivity index (χ2n) is 11.8. The summed E-state index contributed by atoms with van der Waals surface area (Å²) < 4.78 is 5.47. The van der Waals surface area contributed by atoms with E-state index in [1.54, 1.807) is 0 Å². The van der Waals surface area contributed by atoms with Gasteiger partial charge in [0.25, 0.3) is 5.91 Å². The molecule has 0 radical (unpaired) electrons. The van der Waals surface area contributed by atoms with E-state index in [9.17, 15) is 4.79 Å². The van der Waals surface area contributed by atoms with Crippen LogP contribution in [-0.4, -0.2) is 74.7 Å². The van der Waals surface area contributed by atoms with Crippen LogP contribution in [0, 0.1) is 11.3 Å². The maximum Gasteiger partial charge on any atom is 0.254 e. The molecule has 0 spiro atoms.